The first-order chi connectivity index (χ1) is 8.77. The van der Waals surface area contributed by atoms with E-state index in [-0.39, 0.29) is 5.91 Å². The van der Waals surface area contributed by atoms with Gasteiger partial charge in [-0.25, -0.2) is 9.97 Å². The van der Waals surface area contributed by atoms with Gasteiger partial charge in [-0.1, -0.05) is 0 Å². The highest BCUT2D eigenvalue weighted by Gasteiger charge is 2.05. The molecule has 2 heterocycles. The molecule has 0 aromatic carbocycles. The van der Waals surface area contributed by atoms with Crippen LogP contribution in [0.3, 0.4) is 0 Å². The Bertz CT molecular complexity index is 508. The molecule has 0 aliphatic heterocycles. The van der Waals surface area contributed by atoms with Crippen LogP contribution >= 0.6 is 0 Å². The molecule has 0 atom stereocenters. The van der Waals surface area contributed by atoms with E-state index in [0.29, 0.717) is 12.1 Å². The van der Waals surface area contributed by atoms with Crippen LogP contribution in [0.5, 0.6) is 0 Å². The van der Waals surface area contributed by atoms with Crippen molar-refractivity contribution in [1.29, 1.82) is 0 Å². The van der Waals surface area contributed by atoms with Gasteiger partial charge in [-0.2, -0.15) is 5.10 Å². The van der Waals surface area contributed by atoms with Crippen molar-refractivity contribution in [2.24, 2.45) is 0 Å². The molecule has 2 N–H and O–H groups in total. The summed E-state index contributed by atoms with van der Waals surface area (Å²) in [4.78, 5) is 19.3. The normalized spacial score (nSPS) is 10.3. The minimum atomic E-state index is -0.139. The number of carbonyl (C=O) groups excluding carboxylic acids is 1. The first kappa shape index (κ1) is 12.2. The summed E-state index contributed by atoms with van der Waals surface area (Å²) in [6.07, 6.45) is 8.00. The largest absolute Gasteiger partial charge is 0.352 e. The van der Waals surface area contributed by atoms with E-state index in [1.165, 1.54) is 24.3 Å². The van der Waals surface area contributed by atoms with E-state index >= 15 is 0 Å². The lowest BCUT2D eigenvalue weighted by molar-refractivity contribution is 0.0952. The summed E-state index contributed by atoms with van der Waals surface area (Å²) in [6.45, 7) is 2.61. The second kappa shape index (κ2) is 5.90. The first-order valence-corrected chi connectivity index (χ1v) is 5.79. The first-order valence-electron chi connectivity index (χ1n) is 5.79. The Balaban J connectivity index is 1.73. The fourth-order valence-electron chi connectivity index (χ4n) is 1.63. The Morgan fingerprint density at radius 1 is 1.33 bits per heavy atom. The summed E-state index contributed by atoms with van der Waals surface area (Å²) < 4.78 is 0. The number of amides is 1. The molecular weight excluding hydrogens is 230 g/mol. The van der Waals surface area contributed by atoms with Gasteiger partial charge >= 0.3 is 0 Å². The predicted octanol–water partition coefficient (Wildman–Crippen LogP) is 0.871. The molecule has 0 bridgehead atoms. The average Bonchev–Trinajstić information content (AvgIpc) is 2.81. The van der Waals surface area contributed by atoms with Gasteiger partial charge in [0.05, 0.1) is 11.8 Å². The van der Waals surface area contributed by atoms with Crippen molar-refractivity contribution in [3.8, 4) is 0 Å². The Kier molecular flexibility index (Phi) is 4.01. The topological polar surface area (TPSA) is 83.6 Å². The lowest BCUT2D eigenvalue weighted by Crippen LogP contribution is -2.25. The molecule has 0 saturated carbocycles. The third-order valence-corrected chi connectivity index (χ3v) is 2.67. The molecule has 6 nitrogen and oxygen atoms in total. The molecule has 0 aliphatic carbocycles. The van der Waals surface area contributed by atoms with Crippen LogP contribution in [-0.4, -0.2) is 32.6 Å². The minimum Gasteiger partial charge on any atom is -0.352 e. The van der Waals surface area contributed by atoms with Crippen LogP contribution in [0.25, 0.3) is 0 Å². The van der Waals surface area contributed by atoms with Gasteiger partial charge in [0.2, 0.25) is 0 Å². The van der Waals surface area contributed by atoms with Crippen LogP contribution < -0.4 is 5.32 Å². The summed E-state index contributed by atoms with van der Waals surface area (Å²) in [6, 6.07) is 0. The Morgan fingerprint density at radius 2 is 2.11 bits per heavy atom. The number of rotatable bonds is 5. The van der Waals surface area contributed by atoms with Gasteiger partial charge in [0, 0.05) is 24.6 Å². The van der Waals surface area contributed by atoms with E-state index in [0.717, 1.165) is 18.5 Å². The monoisotopic (exact) mass is 245 g/mol. The van der Waals surface area contributed by atoms with Crippen LogP contribution in [0, 0.1) is 6.92 Å². The number of aromatic amines is 1. The molecule has 0 spiro atoms. The van der Waals surface area contributed by atoms with Crippen LogP contribution in [0.1, 0.15) is 28.0 Å². The molecule has 0 fully saturated rings. The number of aryl methyl sites for hydroxylation is 2. The van der Waals surface area contributed by atoms with Gasteiger partial charge in [0.1, 0.15) is 6.33 Å². The second-order valence-electron chi connectivity index (χ2n) is 4.01. The van der Waals surface area contributed by atoms with Crippen molar-refractivity contribution in [1.82, 2.24) is 25.5 Å². The average molecular weight is 245 g/mol. The summed E-state index contributed by atoms with van der Waals surface area (Å²) in [7, 11) is 0. The van der Waals surface area contributed by atoms with E-state index in [1.807, 2.05) is 13.1 Å². The molecule has 18 heavy (non-hydrogen) atoms. The molecule has 2 rings (SSSR count). The second-order valence-corrected chi connectivity index (χ2v) is 4.01. The van der Waals surface area contributed by atoms with Crippen molar-refractivity contribution in [2.75, 3.05) is 6.54 Å². The van der Waals surface area contributed by atoms with Crippen molar-refractivity contribution in [3.63, 3.8) is 0 Å². The van der Waals surface area contributed by atoms with Crippen LogP contribution in [0.2, 0.25) is 0 Å². The maximum absolute atomic E-state index is 11.7. The van der Waals surface area contributed by atoms with E-state index in [2.05, 4.69) is 25.5 Å². The molecule has 0 saturated heterocycles. The predicted molar refractivity (Wildman–Crippen MR) is 66.0 cm³/mol. The smallest absolute Gasteiger partial charge is 0.254 e. The zero-order valence-corrected chi connectivity index (χ0v) is 10.2. The highest BCUT2D eigenvalue weighted by molar-refractivity contribution is 5.93. The Labute approximate surface area is 105 Å². The SMILES string of the molecule is Cc1[nH]ncc1CCCNC(=O)c1cncnc1. The maximum atomic E-state index is 11.7. The molecule has 2 aromatic rings. The van der Waals surface area contributed by atoms with E-state index < -0.39 is 0 Å². The van der Waals surface area contributed by atoms with E-state index in [4.69, 9.17) is 0 Å². The third kappa shape index (κ3) is 3.13. The number of hydrogen-bond donors (Lipinski definition) is 2. The van der Waals surface area contributed by atoms with E-state index in [9.17, 15) is 4.79 Å². The highest BCUT2D eigenvalue weighted by Crippen LogP contribution is 2.05. The van der Waals surface area contributed by atoms with Crippen molar-refractivity contribution in [2.45, 2.75) is 19.8 Å². The minimum absolute atomic E-state index is 0.139. The highest BCUT2D eigenvalue weighted by atomic mass is 16.1. The summed E-state index contributed by atoms with van der Waals surface area (Å²) in [5, 5.41) is 9.68. The molecule has 1 amide bonds. The van der Waals surface area contributed by atoms with Crippen LogP contribution in [-0.2, 0) is 6.42 Å². The fraction of sp³-hybridized carbons (Fsp3) is 0.333. The van der Waals surface area contributed by atoms with Crippen LogP contribution in [0.15, 0.2) is 24.9 Å². The van der Waals surface area contributed by atoms with Crippen LogP contribution in [0.4, 0.5) is 0 Å². The lowest BCUT2D eigenvalue weighted by Gasteiger charge is -2.04. The van der Waals surface area contributed by atoms with Gasteiger partial charge in [0.25, 0.3) is 5.91 Å². The molecule has 94 valence electrons. The zero-order chi connectivity index (χ0) is 12.8. The van der Waals surface area contributed by atoms with Crippen molar-refractivity contribution >= 4 is 5.91 Å². The Hall–Kier alpha value is -2.24. The van der Waals surface area contributed by atoms with Gasteiger partial charge in [-0.05, 0) is 25.3 Å². The van der Waals surface area contributed by atoms with Crippen molar-refractivity contribution in [3.05, 3.63) is 41.7 Å². The molecule has 6 heteroatoms. The molecular formula is C12H15N5O. The molecule has 0 radical (unpaired) electrons. The molecule has 0 unspecified atom stereocenters. The number of aromatic nitrogens is 4. The lowest BCUT2D eigenvalue weighted by atomic mass is 10.1. The Morgan fingerprint density at radius 3 is 2.78 bits per heavy atom. The fourth-order valence-corrected chi connectivity index (χ4v) is 1.63. The molecule has 0 aliphatic rings. The van der Waals surface area contributed by atoms with Gasteiger partial charge in [-0.3, -0.25) is 9.89 Å². The third-order valence-electron chi connectivity index (χ3n) is 2.67. The number of nitrogens with zero attached hydrogens (tertiary/aromatic N) is 3. The summed E-state index contributed by atoms with van der Waals surface area (Å²) >= 11 is 0. The van der Waals surface area contributed by atoms with Gasteiger partial charge in [0.15, 0.2) is 0 Å². The number of carbonyl (C=O) groups is 1. The van der Waals surface area contributed by atoms with Gasteiger partial charge in [-0.15, -0.1) is 0 Å². The number of hydrogen-bond acceptors (Lipinski definition) is 4. The standard InChI is InChI=1S/C12H15N5O/c1-9-10(7-16-17-9)3-2-4-15-12(18)11-5-13-8-14-6-11/h5-8H,2-4H2,1H3,(H,15,18)(H,16,17). The molecule has 2 aromatic heterocycles. The van der Waals surface area contributed by atoms with Crippen molar-refractivity contribution < 1.29 is 4.79 Å². The van der Waals surface area contributed by atoms with E-state index in [1.54, 1.807) is 0 Å². The summed E-state index contributed by atoms with van der Waals surface area (Å²) in [5.74, 6) is -0.139. The number of H-pyrrole nitrogens is 1. The zero-order valence-electron chi connectivity index (χ0n) is 10.2. The quantitative estimate of drug-likeness (QED) is 0.766. The maximum Gasteiger partial charge on any atom is 0.254 e. The van der Waals surface area contributed by atoms with Gasteiger partial charge < -0.3 is 5.32 Å². The number of nitrogens with one attached hydrogen (secondary N) is 2. The summed E-state index contributed by atoms with van der Waals surface area (Å²) in [5.41, 5.74) is 2.75.